The lowest BCUT2D eigenvalue weighted by atomic mass is 10.1. The minimum absolute atomic E-state index is 0.0426. The first-order chi connectivity index (χ1) is 11.7. The van der Waals surface area contributed by atoms with Crippen LogP contribution in [-0.2, 0) is 0 Å². The molecule has 0 unspecified atom stereocenters. The number of carbonyl (C=O) groups is 1. The average Bonchev–Trinajstić information content (AvgIpc) is 2.64. The maximum absolute atomic E-state index is 12.3. The molecule has 0 spiro atoms. The fourth-order valence-corrected chi connectivity index (χ4v) is 2.49. The molecule has 0 fully saturated rings. The van der Waals surface area contributed by atoms with E-state index in [0.717, 1.165) is 11.1 Å². The number of hydrogen-bond acceptors (Lipinski definition) is 3. The molecule has 2 aromatic carbocycles. The molecule has 126 valence electrons. The zero-order valence-electron chi connectivity index (χ0n) is 14.2. The van der Waals surface area contributed by atoms with Crippen LogP contribution in [-0.4, -0.2) is 41.8 Å². The lowest BCUT2D eigenvalue weighted by Gasteiger charge is -2.18. The Labute approximate surface area is 143 Å². The number of hydrogen-bond donors (Lipinski definition) is 1. The molecule has 0 saturated heterocycles. The fraction of sp³-hybridized carbons (Fsp3) is 0.300. The largest absolute Gasteiger partial charge is 0.394 e. The van der Waals surface area contributed by atoms with Gasteiger partial charge in [-0.25, -0.2) is 0 Å². The van der Waals surface area contributed by atoms with Gasteiger partial charge >= 0.3 is 0 Å². The molecule has 4 nitrogen and oxygen atoms in total. The van der Waals surface area contributed by atoms with E-state index in [1.54, 1.807) is 11.1 Å². The van der Waals surface area contributed by atoms with Crippen molar-refractivity contribution in [2.75, 3.05) is 19.7 Å². The molecule has 1 amide bonds. The smallest absolute Gasteiger partial charge is 0.253 e. The van der Waals surface area contributed by atoms with Gasteiger partial charge in [0.25, 0.3) is 5.91 Å². The predicted molar refractivity (Wildman–Crippen MR) is 97.6 cm³/mol. The van der Waals surface area contributed by atoms with Crippen LogP contribution in [0.4, 0.5) is 0 Å². The topological polar surface area (TPSA) is 52.9 Å². The van der Waals surface area contributed by atoms with Gasteiger partial charge in [0.1, 0.15) is 0 Å². The standard InChI is InChI=1S/C20H24N2O2/c1-3-22(4-2)20(24)18-12-10-16(11-13-18)14-21-19(15-23)17-8-6-5-7-9-17/h5-14,19,23H,3-4,15H2,1-2H3/t19-/m1/s1. The molecule has 0 aliphatic carbocycles. The minimum Gasteiger partial charge on any atom is -0.394 e. The summed E-state index contributed by atoms with van der Waals surface area (Å²) < 4.78 is 0. The van der Waals surface area contributed by atoms with E-state index >= 15 is 0 Å². The SMILES string of the molecule is CCN(CC)C(=O)c1ccc(C=N[C@H](CO)c2ccccc2)cc1. The highest BCUT2D eigenvalue weighted by molar-refractivity contribution is 5.95. The van der Waals surface area contributed by atoms with Crippen molar-refractivity contribution in [3.63, 3.8) is 0 Å². The number of nitrogens with zero attached hydrogens (tertiary/aromatic N) is 2. The molecule has 24 heavy (non-hydrogen) atoms. The molecular formula is C20H24N2O2. The number of carbonyl (C=O) groups excluding carboxylic acids is 1. The fourth-order valence-electron chi connectivity index (χ4n) is 2.49. The molecule has 0 bridgehead atoms. The van der Waals surface area contributed by atoms with E-state index < -0.39 is 0 Å². The molecule has 0 aliphatic rings. The summed E-state index contributed by atoms with van der Waals surface area (Å²) in [5, 5.41) is 9.53. The van der Waals surface area contributed by atoms with Crippen molar-refractivity contribution in [1.29, 1.82) is 0 Å². The van der Waals surface area contributed by atoms with Crippen molar-refractivity contribution < 1.29 is 9.90 Å². The minimum atomic E-state index is -0.275. The molecule has 0 heterocycles. The number of aliphatic hydroxyl groups excluding tert-OH is 1. The highest BCUT2D eigenvalue weighted by atomic mass is 16.3. The quantitative estimate of drug-likeness (QED) is 0.794. The van der Waals surface area contributed by atoms with Crippen molar-refractivity contribution >= 4 is 12.1 Å². The average molecular weight is 324 g/mol. The van der Waals surface area contributed by atoms with Crippen molar-refractivity contribution in [1.82, 2.24) is 4.90 Å². The summed E-state index contributed by atoms with van der Waals surface area (Å²) >= 11 is 0. The van der Waals surface area contributed by atoms with Crippen LogP contribution in [0.15, 0.2) is 59.6 Å². The molecule has 1 atom stereocenters. The monoisotopic (exact) mass is 324 g/mol. The molecule has 0 aromatic heterocycles. The van der Waals surface area contributed by atoms with E-state index in [4.69, 9.17) is 0 Å². The molecule has 1 N–H and O–H groups in total. The van der Waals surface area contributed by atoms with Crippen LogP contribution in [0.3, 0.4) is 0 Å². The molecule has 0 radical (unpaired) electrons. The van der Waals surface area contributed by atoms with Gasteiger partial charge in [0.15, 0.2) is 0 Å². The maximum atomic E-state index is 12.3. The Hall–Kier alpha value is -2.46. The Bertz CT molecular complexity index is 662. The zero-order chi connectivity index (χ0) is 17.4. The second-order valence-corrected chi connectivity index (χ2v) is 5.49. The molecule has 4 heteroatoms. The number of aliphatic imine (C=N–C) groups is 1. The van der Waals surface area contributed by atoms with E-state index in [1.807, 2.05) is 68.4 Å². The number of aliphatic hydroxyl groups is 1. The van der Waals surface area contributed by atoms with Gasteiger partial charge in [0.05, 0.1) is 12.6 Å². The first kappa shape index (κ1) is 17.9. The highest BCUT2D eigenvalue weighted by Crippen LogP contribution is 2.16. The van der Waals surface area contributed by atoms with Crippen LogP contribution in [0, 0.1) is 0 Å². The van der Waals surface area contributed by atoms with Gasteiger partial charge in [-0.15, -0.1) is 0 Å². The summed E-state index contributed by atoms with van der Waals surface area (Å²) in [5.74, 6) is 0.0426. The lowest BCUT2D eigenvalue weighted by Crippen LogP contribution is -2.30. The Morgan fingerprint density at radius 2 is 1.71 bits per heavy atom. The predicted octanol–water partition coefficient (Wildman–Crippen LogP) is 3.32. The van der Waals surface area contributed by atoms with Gasteiger partial charge in [0, 0.05) is 24.9 Å². The summed E-state index contributed by atoms with van der Waals surface area (Å²) in [7, 11) is 0. The number of benzene rings is 2. The summed E-state index contributed by atoms with van der Waals surface area (Å²) in [5.41, 5.74) is 2.56. The summed E-state index contributed by atoms with van der Waals surface area (Å²) in [4.78, 5) is 18.5. The van der Waals surface area contributed by atoms with E-state index in [-0.39, 0.29) is 18.6 Å². The summed E-state index contributed by atoms with van der Waals surface area (Å²) in [6.07, 6.45) is 1.74. The van der Waals surface area contributed by atoms with Crippen molar-refractivity contribution in [2.24, 2.45) is 4.99 Å². The molecule has 2 rings (SSSR count). The Kier molecular flexibility index (Phi) is 6.70. The third kappa shape index (κ3) is 4.52. The second kappa shape index (κ2) is 8.99. The second-order valence-electron chi connectivity index (χ2n) is 5.49. The third-order valence-electron chi connectivity index (χ3n) is 3.97. The van der Waals surface area contributed by atoms with Crippen LogP contribution >= 0.6 is 0 Å². The van der Waals surface area contributed by atoms with Crippen LogP contribution in [0.5, 0.6) is 0 Å². The number of rotatable bonds is 7. The summed E-state index contributed by atoms with van der Waals surface area (Å²) in [6.45, 7) is 5.31. The molecular weight excluding hydrogens is 300 g/mol. The van der Waals surface area contributed by atoms with E-state index in [2.05, 4.69) is 4.99 Å². The summed E-state index contributed by atoms with van der Waals surface area (Å²) in [6, 6.07) is 16.8. The lowest BCUT2D eigenvalue weighted by molar-refractivity contribution is 0.0773. The van der Waals surface area contributed by atoms with Gasteiger partial charge < -0.3 is 10.0 Å². The van der Waals surface area contributed by atoms with Crippen molar-refractivity contribution in [3.05, 3.63) is 71.3 Å². The van der Waals surface area contributed by atoms with E-state index in [1.165, 1.54) is 0 Å². The Morgan fingerprint density at radius 3 is 2.25 bits per heavy atom. The van der Waals surface area contributed by atoms with Gasteiger partial charge in [-0.05, 0) is 37.1 Å². The molecule has 0 saturated carbocycles. The van der Waals surface area contributed by atoms with Gasteiger partial charge in [-0.3, -0.25) is 9.79 Å². The van der Waals surface area contributed by atoms with E-state index in [0.29, 0.717) is 18.7 Å². The molecule has 2 aromatic rings. The zero-order valence-corrected chi connectivity index (χ0v) is 14.2. The van der Waals surface area contributed by atoms with Crippen LogP contribution in [0.2, 0.25) is 0 Å². The van der Waals surface area contributed by atoms with Crippen LogP contribution < -0.4 is 0 Å². The van der Waals surface area contributed by atoms with Gasteiger partial charge in [-0.1, -0.05) is 42.5 Å². The first-order valence-corrected chi connectivity index (χ1v) is 8.27. The first-order valence-electron chi connectivity index (χ1n) is 8.27. The van der Waals surface area contributed by atoms with Gasteiger partial charge in [-0.2, -0.15) is 0 Å². The van der Waals surface area contributed by atoms with Crippen molar-refractivity contribution in [2.45, 2.75) is 19.9 Å². The Balaban J connectivity index is 2.09. The Morgan fingerprint density at radius 1 is 1.08 bits per heavy atom. The van der Waals surface area contributed by atoms with Crippen molar-refractivity contribution in [3.8, 4) is 0 Å². The number of amides is 1. The van der Waals surface area contributed by atoms with Crippen LogP contribution in [0.1, 0.15) is 41.4 Å². The normalized spacial score (nSPS) is 12.3. The van der Waals surface area contributed by atoms with Crippen LogP contribution in [0.25, 0.3) is 0 Å². The molecule has 0 aliphatic heterocycles. The van der Waals surface area contributed by atoms with E-state index in [9.17, 15) is 9.90 Å². The third-order valence-corrected chi connectivity index (χ3v) is 3.97. The highest BCUT2D eigenvalue weighted by Gasteiger charge is 2.11. The van der Waals surface area contributed by atoms with Gasteiger partial charge in [0.2, 0.25) is 0 Å². The maximum Gasteiger partial charge on any atom is 0.253 e.